The third-order valence-corrected chi connectivity index (χ3v) is 2.30. The van der Waals surface area contributed by atoms with Crippen LogP contribution in [-0.2, 0) is 0 Å². The fourth-order valence-corrected chi connectivity index (χ4v) is 1.66. The average Bonchev–Trinajstić information content (AvgIpc) is 2.27. The Bertz CT molecular complexity index is 489. The lowest BCUT2D eigenvalue weighted by Crippen LogP contribution is -1.86. The highest BCUT2D eigenvalue weighted by Gasteiger charge is 1.97. The Balaban J connectivity index is 2.24. The Morgan fingerprint density at radius 2 is 1.69 bits per heavy atom. The van der Waals surface area contributed by atoms with Gasteiger partial charge in [-0.25, -0.2) is 9.97 Å². The molecule has 0 bridgehead atoms. The van der Waals surface area contributed by atoms with Gasteiger partial charge >= 0.3 is 0 Å². The highest BCUT2D eigenvalue weighted by atomic mass is 35.5. The Morgan fingerprint density at radius 1 is 0.938 bits per heavy atom. The summed E-state index contributed by atoms with van der Waals surface area (Å²) in [5.41, 5.74) is 1.78. The van der Waals surface area contributed by atoms with Gasteiger partial charge in [-0.1, -0.05) is 48.0 Å². The molecule has 0 amide bonds. The predicted molar refractivity (Wildman–Crippen MR) is 67.4 cm³/mol. The summed E-state index contributed by atoms with van der Waals surface area (Å²) in [6.45, 7) is 0. The van der Waals surface area contributed by atoms with E-state index < -0.39 is 0 Å². The van der Waals surface area contributed by atoms with Crippen molar-refractivity contribution in [2.75, 3.05) is 0 Å². The van der Waals surface area contributed by atoms with Gasteiger partial charge in [-0.3, -0.25) is 0 Å². The Kier molecular flexibility index (Phi) is 3.54. The number of aromatic nitrogens is 2. The molecule has 2 nitrogen and oxygen atoms in total. The minimum Gasteiger partial charge on any atom is -0.218 e. The molecule has 0 aliphatic rings. The zero-order chi connectivity index (χ0) is 11.4. The Hall–Kier alpha value is -1.38. The van der Waals surface area contributed by atoms with Crippen LogP contribution in [0.2, 0.25) is 10.4 Å². The molecular weight excluding hydrogens is 243 g/mol. The highest BCUT2D eigenvalue weighted by Crippen LogP contribution is 2.13. The molecule has 0 saturated heterocycles. The van der Waals surface area contributed by atoms with E-state index in [9.17, 15) is 0 Å². The van der Waals surface area contributed by atoms with Crippen LogP contribution in [0.5, 0.6) is 0 Å². The van der Waals surface area contributed by atoms with Crippen molar-refractivity contribution in [1.82, 2.24) is 9.97 Å². The van der Waals surface area contributed by atoms with Crippen LogP contribution in [0.15, 0.2) is 36.4 Å². The van der Waals surface area contributed by atoms with Crippen LogP contribution < -0.4 is 0 Å². The lowest BCUT2D eigenvalue weighted by Gasteiger charge is -1.95. The quantitative estimate of drug-likeness (QED) is 0.596. The van der Waals surface area contributed by atoms with E-state index in [1.165, 1.54) is 0 Å². The SMILES string of the molecule is Clc1cc(/C=C/c2ccccc2)nc(Cl)n1. The van der Waals surface area contributed by atoms with E-state index in [0.29, 0.717) is 10.8 Å². The standard InChI is InChI=1S/C12H8Cl2N2/c13-11-8-10(15-12(14)16-11)7-6-9-4-2-1-3-5-9/h1-8H/b7-6+. The molecule has 0 aliphatic heterocycles. The van der Waals surface area contributed by atoms with Crippen molar-refractivity contribution in [2.24, 2.45) is 0 Å². The number of hydrogen-bond donors (Lipinski definition) is 0. The average molecular weight is 251 g/mol. The highest BCUT2D eigenvalue weighted by molar-refractivity contribution is 6.31. The summed E-state index contributed by atoms with van der Waals surface area (Å²) in [5.74, 6) is 0. The topological polar surface area (TPSA) is 25.8 Å². The van der Waals surface area contributed by atoms with Crippen LogP contribution >= 0.6 is 23.2 Å². The second-order valence-electron chi connectivity index (χ2n) is 3.13. The second kappa shape index (κ2) is 5.10. The van der Waals surface area contributed by atoms with Crippen LogP contribution in [0.1, 0.15) is 11.3 Å². The molecule has 0 spiro atoms. The van der Waals surface area contributed by atoms with Gasteiger partial charge in [0.15, 0.2) is 0 Å². The van der Waals surface area contributed by atoms with E-state index in [1.807, 2.05) is 42.5 Å². The molecule has 1 aromatic heterocycles. The van der Waals surface area contributed by atoms with Crippen LogP contribution in [0, 0.1) is 0 Å². The molecule has 0 fully saturated rings. The molecule has 1 heterocycles. The number of hydrogen-bond acceptors (Lipinski definition) is 2. The van der Waals surface area contributed by atoms with Crippen LogP contribution in [0.4, 0.5) is 0 Å². The fraction of sp³-hybridized carbons (Fsp3) is 0. The molecule has 2 rings (SSSR count). The molecular formula is C12H8Cl2N2. The van der Waals surface area contributed by atoms with E-state index in [4.69, 9.17) is 23.2 Å². The number of benzene rings is 1. The lowest BCUT2D eigenvalue weighted by atomic mass is 10.2. The van der Waals surface area contributed by atoms with Crippen molar-refractivity contribution >= 4 is 35.4 Å². The van der Waals surface area contributed by atoms with E-state index in [1.54, 1.807) is 6.07 Å². The van der Waals surface area contributed by atoms with Gasteiger partial charge in [-0.15, -0.1) is 0 Å². The van der Waals surface area contributed by atoms with Gasteiger partial charge in [0.05, 0.1) is 5.69 Å². The summed E-state index contributed by atoms with van der Waals surface area (Å²) in [6.07, 6.45) is 3.78. The molecule has 4 heteroatoms. The first-order valence-corrected chi connectivity index (χ1v) is 5.43. The van der Waals surface area contributed by atoms with Crippen molar-refractivity contribution in [1.29, 1.82) is 0 Å². The van der Waals surface area contributed by atoms with Crippen molar-refractivity contribution in [3.8, 4) is 0 Å². The zero-order valence-corrected chi connectivity index (χ0v) is 9.78. The van der Waals surface area contributed by atoms with E-state index in [2.05, 4.69) is 9.97 Å². The van der Waals surface area contributed by atoms with Crippen molar-refractivity contribution in [2.45, 2.75) is 0 Å². The van der Waals surface area contributed by atoms with Crippen molar-refractivity contribution in [3.05, 3.63) is 58.1 Å². The summed E-state index contributed by atoms with van der Waals surface area (Å²) in [4.78, 5) is 7.81. The summed E-state index contributed by atoms with van der Waals surface area (Å²) >= 11 is 11.5. The minimum absolute atomic E-state index is 0.153. The normalized spacial score (nSPS) is 10.9. The van der Waals surface area contributed by atoms with Gasteiger partial charge in [-0.05, 0) is 23.2 Å². The number of halogens is 2. The zero-order valence-electron chi connectivity index (χ0n) is 8.27. The summed E-state index contributed by atoms with van der Waals surface area (Å²) in [7, 11) is 0. The predicted octanol–water partition coefficient (Wildman–Crippen LogP) is 3.95. The van der Waals surface area contributed by atoms with Gasteiger partial charge < -0.3 is 0 Å². The summed E-state index contributed by atoms with van der Waals surface area (Å²) in [6, 6.07) is 11.6. The van der Waals surface area contributed by atoms with E-state index in [0.717, 1.165) is 5.56 Å². The summed E-state index contributed by atoms with van der Waals surface area (Å²) in [5, 5.41) is 0.493. The summed E-state index contributed by atoms with van der Waals surface area (Å²) < 4.78 is 0. The maximum Gasteiger partial charge on any atom is 0.224 e. The van der Waals surface area contributed by atoms with Gasteiger partial charge in [0, 0.05) is 6.07 Å². The van der Waals surface area contributed by atoms with Gasteiger partial charge in [0.1, 0.15) is 5.15 Å². The molecule has 80 valence electrons. The molecule has 2 aromatic rings. The fourth-order valence-electron chi connectivity index (χ4n) is 1.24. The second-order valence-corrected chi connectivity index (χ2v) is 3.85. The maximum absolute atomic E-state index is 5.76. The largest absolute Gasteiger partial charge is 0.224 e. The third kappa shape index (κ3) is 3.05. The molecule has 0 saturated carbocycles. The Labute approximate surface area is 104 Å². The Morgan fingerprint density at radius 3 is 2.38 bits per heavy atom. The molecule has 0 atom stereocenters. The first kappa shape index (κ1) is 11.1. The van der Waals surface area contributed by atoms with E-state index >= 15 is 0 Å². The van der Waals surface area contributed by atoms with Crippen LogP contribution in [0.3, 0.4) is 0 Å². The van der Waals surface area contributed by atoms with E-state index in [-0.39, 0.29) is 5.28 Å². The number of rotatable bonds is 2. The molecule has 0 aliphatic carbocycles. The maximum atomic E-state index is 5.76. The minimum atomic E-state index is 0.153. The third-order valence-electron chi connectivity index (χ3n) is 1.93. The molecule has 0 N–H and O–H groups in total. The molecule has 16 heavy (non-hydrogen) atoms. The smallest absolute Gasteiger partial charge is 0.218 e. The lowest BCUT2D eigenvalue weighted by molar-refractivity contribution is 1.15. The molecule has 0 radical (unpaired) electrons. The number of nitrogens with zero attached hydrogens (tertiary/aromatic N) is 2. The van der Waals surface area contributed by atoms with Crippen LogP contribution in [0.25, 0.3) is 12.2 Å². The first-order valence-electron chi connectivity index (χ1n) is 4.67. The first-order chi connectivity index (χ1) is 7.74. The van der Waals surface area contributed by atoms with Gasteiger partial charge in [-0.2, -0.15) is 0 Å². The van der Waals surface area contributed by atoms with Crippen LogP contribution in [-0.4, -0.2) is 9.97 Å². The molecule has 1 aromatic carbocycles. The van der Waals surface area contributed by atoms with Gasteiger partial charge in [0.2, 0.25) is 5.28 Å². The molecule has 0 unspecified atom stereocenters. The van der Waals surface area contributed by atoms with Crippen molar-refractivity contribution < 1.29 is 0 Å². The van der Waals surface area contributed by atoms with Gasteiger partial charge in [0.25, 0.3) is 0 Å². The van der Waals surface area contributed by atoms with Crippen molar-refractivity contribution in [3.63, 3.8) is 0 Å². The monoisotopic (exact) mass is 250 g/mol.